The van der Waals surface area contributed by atoms with Crippen LogP contribution in [-0.4, -0.2) is 4.98 Å². The van der Waals surface area contributed by atoms with Gasteiger partial charge in [-0.3, -0.25) is 4.79 Å². The van der Waals surface area contributed by atoms with Crippen molar-refractivity contribution in [1.82, 2.24) is 4.98 Å². The molecular weight excluding hydrogens is 236 g/mol. The zero-order valence-corrected chi connectivity index (χ0v) is 12.1. The Morgan fingerprint density at radius 2 is 2.11 bits per heavy atom. The van der Waals surface area contributed by atoms with Gasteiger partial charge < -0.3 is 10.7 Å². The molecule has 0 bridgehead atoms. The topological polar surface area (TPSA) is 58.9 Å². The molecule has 102 valence electrons. The number of hydrogen-bond acceptors (Lipinski definition) is 2. The lowest BCUT2D eigenvalue weighted by atomic mass is 9.69. The second-order valence-corrected chi connectivity index (χ2v) is 5.56. The van der Waals surface area contributed by atoms with Gasteiger partial charge >= 0.3 is 0 Å². The van der Waals surface area contributed by atoms with Gasteiger partial charge in [0.1, 0.15) is 0 Å². The van der Waals surface area contributed by atoms with Crippen LogP contribution in [0.3, 0.4) is 0 Å². The maximum Gasteiger partial charge on any atom is 0.248 e. The van der Waals surface area contributed by atoms with Crippen molar-refractivity contribution in [2.24, 2.45) is 11.7 Å². The zero-order valence-electron chi connectivity index (χ0n) is 12.1. The molecule has 2 atom stereocenters. The lowest BCUT2D eigenvalue weighted by Crippen LogP contribution is -2.44. The Balaban J connectivity index is 2.63. The van der Waals surface area contributed by atoms with Gasteiger partial charge in [-0.2, -0.15) is 0 Å². The minimum atomic E-state index is -0.513. The number of nitrogens with one attached hydrogen (secondary N) is 1. The summed E-state index contributed by atoms with van der Waals surface area (Å²) in [6, 6.07) is 3.42. The highest BCUT2D eigenvalue weighted by Crippen LogP contribution is 2.42. The van der Waals surface area contributed by atoms with Gasteiger partial charge in [0.05, 0.1) is 5.54 Å². The lowest BCUT2D eigenvalue weighted by Gasteiger charge is -2.40. The Kier molecular flexibility index (Phi) is 3.50. The number of hydrogen-bond donors (Lipinski definition) is 2. The van der Waals surface area contributed by atoms with E-state index >= 15 is 0 Å². The van der Waals surface area contributed by atoms with Crippen molar-refractivity contribution in [3.63, 3.8) is 0 Å². The first-order chi connectivity index (χ1) is 8.88. The highest BCUT2D eigenvalue weighted by molar-refractivity contribution is 5.43. The van der Waals surface area contributed by atoms with E-state index in [1.165, 1.54) is 11.1 Å². The van der Waals surface area contributed by atoms with Gasteiger partial charge in [0.25, 0.3) is 0 Å². The minimum Gasteiger partial charge on any atom is -0.326 e. The standard InChI is InChI=1S/C16H22N2O/c1-5-13-11(3)8-10(2)9-16(13,17)14-6-7-15(19)18-12(14)4/h5-8,11H,9,17H2,1-4H3,(H,18,19)/b13-5+. The summed E-state index contributed by atoms with van der Waals surface area (Å²) >= 11 is 0. The van der Waals surface area contributed by atoms with Crippen LogP contribution in [-0.2, 0) is 5.54 Å². The smallest absolute Gasteiger partial charge is 0.248 e. The molecule has 3 nitrogen and oxygen atoms in total. The molecule has 0 saturated carbocycles. The fourth-order valence-corrected chi connectivity index (χ4v) is 3.36. The molecule has 0 radical (unpaired) electrons. The second-order valence-electron chi connectivity index (χ2n) is 5.56. The quantitative estimate of drug-likeness (QED) is 0.761. The summed E-state index contributed by atoms with van der Waals surface area (Å²) in [5.74, 6) is 0.329. The van der Waals surface area contributed by atoms with E-state index in [9.17, 15) is 4.79 Å². The summed E-state index contributed by atoms with van der Waals surface area (Å²) in [7, 11) is 0. The Hall–Kier alpha value is -1.61. The summed E-state index contributed by atoms with van der Waals surface area (Å²) in [4.78, 5) is 14.2. The van der Waals surface area contributed by atoms with Crippen LogP contribution < -0.4 is 11.3 Å². The molecule has 1 heterocycles. The zero-order chi connectivity index (χ0) is 14.2. The van der Waals surface area contributed by atoms with E-state index in [4.69, 9.17) is 5.73 Å². The van der Waals surface area contributed by atoms with E-state index in [-0.39, 0.29) is 5.56 Å². The maximum atomic E-state index is 11.4. The van der Waals surface area contributed by atoms with Gasteiger partial charge in [0.2, 0.25) is 5.56 Å². The van der Waals surface area contributed by atoms with Gasteiger partial charge in [0, 0.05) is 11.8 Å². The largest absolute Gasteiger partial charge is 0.326 e. The molecular formula is C16H22N2O. The Bertz CT molecular complexity index is 609. The number of aryl methyl sites for hydroxylation is 1. The van der Waals surface area contributed by atoms with Crippen LogP contribution in [0.5, 0.6) is 0 Å². The Morgan fingerprint density at radius 3 is 2.68 bits per heavy atom. The third kappa shape index (κ3) is 2.30. The molecule has 1 aromatic rings. The number of allylic oxidation sites excluding steroid dienone is 2. The molecule has 0 saturated heterocycles. The number of aromatic amines is 1. The van der Waals surface area contributed by atoms with Gasteiger partial charge in [-0.15, -0.1) is 0 Å². The summed E-state index contributed by atoms with van der Waals surface area (Å²) in [5, 5.41) is 0. The maximum absolute atomic E-state index is 11.4. The van der Waals surface area contributed by atoms with Crippen molar-refractivity contribution in [3.8, 4) is 0 Å². The number of aromatic nitrogens is 1. The van der Waals surface area contributed by atoms with Crippen molar-refractivity contribution >= 4 is 0 Å². The van der Waals surface area contributed by atoms with Crippen molar-refractivity contribution in [2.75, 3.05) is 0 Å². The SMILES string of the molecule is C/C=C1\C(C)C=C(C)CC1(N)c1ccc(=O)[nH]c1C. The van der Waals surface area contributed by atoms with Crippen LogP contribution in [0.4, 0.5) is 0 Å². The van der Waals surface area contributed by atoms with E-state index < -0.39 is 5.54 Å². The van der Waals surface area contributed by atoms with Crippen LogP contribution in [0.2, 0.25) is 0 Å². The monoisotopic (exact) mass is 258 g/mol. The Morgan fingerprint density at radius 1 is 1.42 bits per heavy atom. The van der Waals surface area contributed by atoms with Gasteiger partial charge in [-0.05, 0) is 50.3 Å². The van der Waals surface area contributed by atoms with Crippen LogP contribution in [0.25, 0.3) is 0 Å². The van der Waals surface area contributed by atoms with E-state index in [0.717, 1.165) is 17.7 Å². The molecule has 1 aliphatic rings. The number of H-pyrrole nitrogens is 1. The predicted octanol–water partition coefficient (Wildman–Crippen LogP) is 2.77. The Labute approximate surface area is 114 Å². The van der Waals surface area contributed by atoms with Crippen molar-refractivity contribution < 1.29 is 0 Å². The third-order valence-electron chi connectivity index (χ3n) is 4.01. The van der Waals surface area contributed by atoms with Crippen LogP contribution >= 0.6 is 0 Å². The first kappa shape index (κ1) is 13.8. The highest BCUT2D eigenvalue weighted by atomic mass is 16.1. The van der Waals surface area contributed by atoms with Crippen LogP contribution in [0, 0.1) is 12.8 Å². The highest BCUT2D eigenvalue weighted by Gasteiger charge is 2.37. The van der Waals surface area contributed by atoms with Crippen molar-refractivity contribution in [3.05, 3.63) is 57.0 Å². The molecule has 0 amide bonds. The first-order valence-corrected chi connectivity index (χ1v) is 6.71. The second kappa shape index (κ2) is 4.82. The molecule has 3 heteroatoms. The predicted molar refractivity (Wildman–Crippen MR) is 79.0 cm³/mol. The molecule has 1 aromatic heterocycles. The van der Waals surface area contributed by atoms with Crippen LogP contribution in [0.1, 0.15) is 38.4 Å². The summed E-state index contributed by atoms with van der Waals surface area (Å²) in [6.07, 6.45) is 5.17. The fraction of sp³-hybridized carbons (Fsp3) is 0.438. The van der Waals surface area contributed by atoms with E-state index in [0.29, 0.717) is 5.92 Å². The molecule has 19 heavy (non-hydrogen) atoms. The normalized spacial score (nSPS) is 29.4. The molecule has 1 aliphatic carbocycles. The van der Waals surface area contributed by atoms with Gasteiger partial charge in [0.15, 0.2) is 0 Å². The molecule has 0 spiro atoms. The van der Waals surface area contributed by atoms with Gasteiger partial charge in [-0.25, -0.2) is 0 Å². The molecule has 0 aromatic carbocycles. The average Bonchev–Trinajstić information content (AvgIpc) is 2.27. The van der Waals surface area contributed by atoms with E-state index in [2.05, 4.69) is 31.0 Å². The molecule has 0 aliphatic heterocycles. The summed E-state index contributed by atoms with van der Waals surface area (Å²) in [6.45, 7) is 8.23. The number of pyridine rings is 1. The first-order valence-electron chi connectivity index (χ1n) is 6.71. The minimum absolute atomic E-state index is 0.0806. The lowest BCUT2D eigenvalue weighted by molar-refractivity contribution is 0.453. The summed E-state index contributed by atoms with van der Waals surface area (Å²) in [5.41, 5.74) is 10.5. The third-order valence-corrected chi connectivity index (χ3v) is 4.01. The fourth-order valence-electron chi connectivity index (χ4n) is 3.36. The van der Waals surface area contributed by atoms with E-state index in [1.807, 2.05) is 19.9 Å². The molecule has 3 N–H and O–H groups in total. The molecule has 0 fully saturated rings. The van der Waals surface area contributed by atoms with Crippen molar-refractivity contribution in [2.45, 2.75) is 39.7 Å². The van der Waals surface area contributed by atoms with Crippen molar-refractivity contribution in [1.29, 1.82) is 0 Å². The van der Waals surface area contributed by atoms with E-state index in [1.54, 1.807) is 6.07 Å². The summed E-state index contributed by atoms with van der Waals surface area (Å²) < 4.78 is 0. The average molecular weight is 258 g/mol. The van der Waals surface area contributed by atoms with Gasteiger partial charge in [-0.1, -0.05) is 24.6 Å². The molecule has 2 rings (SSSR count). The van der Waals surface area contributed by atoms with Crippen LogP contribution in [0.15, 0.2) is 40.2 Å². The molecule has 2 unspecified atom stereocenters. The number of nitrogens with two attached hydrogens (primary N) is 1. The number of rotatable bonds is 1.